The SMILES string of the molecule is C[C@H]1[C@H](NC(=O)c2ccc(-c3ccnc(F)c3)o2)C2CCN1CC2. The van der Waals surface area contributed by atoms with Crippen LogP contribution in [0.15, 0.2) is 34.9 Å². The Hall–Kier alpha value is -2.21. The van der Waals surface area contributed by atoms with E-state index in [9.17, 15) is 9.18 Å². The number of nitrogens with zero attached hydrogens (tertiary/aromatic N) is 2. The number of piperidine rings is 3. The second-order valence-electron chi connectivity index (χ2n) is 6.64. The number of hydrogen-bond donors (Lipinski definition) is 1. The van der Waals surface area contributed by atoms with Crippen molar-refractivity contribution in [3.8, 4) is 11.3 Å². The van der Waals surface area contributed by atoms with Gasteiger partial charge in [0.05, 0.1) is 0 Å². The number of aromatic nitrogens is 1. The molecule has 1 amide bonds. The summed E-state index contributed by atoms with van der Waals surface area (Å²) in [6.07, 6.45) is 3.64. The largest absolute Gasteiger partial charge is 0.451 e. The predicted molar refractivity (Wildman–Crippen MR) is 86.9 cm³/mol. The molecule has 0 aromatic carbocycles. The third-order valence-electron chi connectivity index (χ3n) is 5.32. The Bertz CT molecular complexity index is 750. The standard InChI is InChI=1S/C18H20FN3O2/c1-11-17(12-5-8-22(11)9-6-12)21-18(23)15-3-2-14(24-15)13-4-7-20-16(19)10-13/h2-4,7,10-12,17H,5-6,8-9H2,1H3,(H,21,23)/t11-,17-/m0/s1. The number of rotatable bonds is 3. The number of nitrogens with one attached hydrogen (secondary N) is 1. The molecule has 5 heterocycles. The molecule has 0 unspecified atom stereocenters. The molecule has 2 aromatic rings. The van der Waals surface area contributed by atoms with Gasteiger partial charge in [0.25, 0.3) is 5.91 Å². The molecule has 0 saturated carbocycles. The van der Waals surface area contributed by atoms with Gasteiger partial charge < -0.3 is 9.73 Å². The molecule has 1 N–H and O–H groups in total. The quantitative estimate of drug-likeness (QED) is 0.880. The summed E-state index contributed by atoms with van der Waals surface area (Å²) < 4.78 is 18.8. The molecule has 126 valence electrons. The molecule has 0 aliphatic carbocycles. The average molecular weight is 329 g/mol. The van der Waals surface area contributed by atoms with Gasteiger partial charge in [-0.05, 0) is 57.0 Å². The Balaban J connectivity index is 1.49. The van der Waals surface area contributed by atoms with Crippen molar-refractivity contribution in [3.05, 3.63) is 42.2 Å². The van der Waals surface area contributed by atoms with Crippen molar-refractivity contribution in [1.82, 2.24) is 15.2 Å². The lowest BCUT2D eigenvalue weighted by Gasteiger charge is -2.49. The van der Waals surface area contributed by atoms with Gasteiger partial charge >= 0.3 is 0 Å². The Morgan fingerprint density at radius 2 is 2.12 bits per heavy atom. The van der Waals surface area contributed by atoms with E-state index in [0.717, 1.165) is 25.9 Å². The summed E-state index contributed by atoms with van der Waals surface area (Å²) in [4.78, 5) is 18.5. The van der Waals surface area contributed by atoms with Gasteiger partial charge in [-0.15, -0.1) is 0 Å². The highest BCUT2D eigenvalue weighted by Crippen LogP contribution is 2.32. The summed E-state index contributed by atoms with van der Waals surface area (Å²) in [5.41, 5.74) is 0.567. The topological polar surface area (TPSA) is 58.4 Å². The molecule has 3 saturated heterocycles. The Morgan fingerprint density at radius 3 is 2.83 bits per heavy atom. The summed E-state index contributed by atoms with van der Waals surface area (Å²) >= 11 is 0. The summed E-state index contributed by atoms with van der Waals surface area (Å²) in [5.74, 6) is 0.476. The smallest absolute Gasteiger partial charge is 0.287 e. The van der Waals surface area contributed by atoms with E-state index in [1.807, 2.05) is 0 Å². The molecule has 6 heteroatoms. The van der Waals surface area contributed by atoms with Crippen molar-refractivity contribution in [3.63, 3.8) is 0 Å². The predicted octanol–water partition coefficient (Wildman–Crippen LogP) is 2.69. The third kappa shape index (κ3) is 2.71. The monoisotopic (exact) mass is 329 g/mol. The average Bonchev–Trinajstić information content (AvgIpc) is 3.09. The van der Waals surface area contributed by atoms with E-state index in [4.69, 9.17) is 4.42 Å². The molecule has 5 nitrogen and oxygen atoms in total. The highest BCUT2D eigenvalue weighted by atomic mass is 19.1. The second-order valence-corrected chi connectivity index (χ2v) is 6.64. The molecule has 3 aliphatic rings. The van der Waals surface area contributed by atoms with E-state index in [-0.39, 0.29) is 17.7 Å². The maximum atomic E-state index is 13.2. The fourth-order valence-electron chi connectivity index (χ4n) is 3.94. The zero-order valence-corrected chi connectivity index (χ0v) is 13.5. The molecule has 24 heavy (non-hydrogen) atoms. The number of carbonyl (C=O) groups is 1. The van der Waals surface area contributed by atoms with Crippen molar-refractivity contribution < 1.29 is 13.6 Å². The van der Waals surface area contributed by atoms with Crippen molar-refractivity contribution in [2.75, 3.05) is 13.1 Å². The van der Waals surface area contributed by atoms with Gasteiger partial charge in [0.2, 0.25) is 5.95 Å². The van der Waals surface area contributed by atoms with Crippen LogP contribution >= 0.6 is 0 Å². The van der Waals surface area contributed by atoms with Crippen LogP contribution in [0.1, 0.15) is 30.3 Å². The highest BCUT2D eigenvalue weighted by Gasteiger charge is 2.40. The molecule has 2 aromatic heterocycles. The fraction of sp³-hybridized carbons (Fsp3) is 0.444. The number of carbonyl (C=O) groups excluding carboxylic acids is 1. The van der Waals surface area contributed by atoms with Gasteiger partial charge in [-0.2, -0.15) is 4.39 Å². The van der Waals surface area contributed by atoms with E-state index in [1.165, 1.54) is 12.3 Å². The van der Waals surface area contributed by atoms with Crippen molar-refractivity contribution in [2.45, 2.75) is 31.8 Å². The van der Waals surface area contributed by atoms with Gasteiger partial charge in [-0.3, -0.25) is 9.69 Å². The van der Waals surface area contributed by atoms with Crippen LogP contribution in [0, 0.1) is 11.9 Å². The van der Waals surface area contributed by atoms with Crippen molar-refractivity contribution in [2.24, 2.45) is 5.92 Å². The summed E-state index contributed by atoms with van der Waals surface area (Å²) in [5, 5.41) is 3.13. The lowest BCUT2D eigenvalue weighted by atomic mass is 9.79. The zero-order valence-electron chi connectivity index (χ0n) is 13.5. The second kappa shape index (κ2) is 6.02. The minimum atomic E-state index is -0.573. The molecule has 5 rings (SSSR count). The Kier molecular flexibility index (Phi) is 3.84. The number of halogens is 1. The van der Waals surface area contributed by atoms with Crippen LogP contribution in [0.4, 0.5) is 4.39 Å². The van der Waals surface area contributed by atoms with Crippen LogP contribution < -0.4 is 5.32 Å². The van der Waals surface area contributed by atoms with Gasteiger partial charge in [0.15, 0.2) is 5.76 Å². The first kappa shape index (κ1) is 15.3. The minimum Gasteiger partial charge on any atom is -0.451 e. The number of fused-ring (bicyclic) bond motifs is 3. The van der Waals surface area contributed by atoms with Crippen molar-refractivity contribution >= 4 is 5.91 Å². The van der Waals surface area contributed by atoms with E-state index < -0.39 is 5.95 Å². The van der Waals surface area contributed by atoms with E-state index in [1.54, 1.807) is 18.2 Å². The first-order chi connectivity index (χ1) is 11.6. The summed E-state index contributed by atoms with van der Waals surface area (Å²) in [7, 11) is 0. The molecule has 2 atom stereocenters. The highest BCUT2D eigenvalue weighted by molar-refractivity contribution is 5.92. The normalized spacial score (nSPS) is 28.8. The van der Waals surface area contributed by atoms with Crippen LogP contribution in [-0.2, 0) is 0 Å². The Labute approximate surface area is 139 Å². The number of amides is 1. The van der Waals surface area contributed by atoms with Gasteiger partial charge in [-0.1, -0.05) is 0 Å². The first-order valence-corrected chi connectivity index (χ1v) is 8.38. The van der Waals surface area contributed by atoms with Crippen LogP contribution in [0.25, 0.3) is 11.3 Å². The maximum absolute atomic E-state index is 13.2. The zero-order chi connectivity index (χ0) is 16.7. The van der Waals surface area contributed by atoms with Crippen LogP contribution in [-0.4, -0.2) is 41.0 Å². The molecule has 3 fully saturated rings. The Morgan fingerprint density at radius 1 is 1.33 bits per heavy atom. The number of hydrogen-bond acceptors (Lipinski definition) is 4. The summed E-state index contributed by atoms with van der Waals surface area (Å²) in [6, 6.07) is 6.77. The van der Waals surface area contributed by atoms with E-state index in [0.29, 0.717) is 23.3 Å². The van der Waals surface area contributed by atoms with Crippen LogP contribution in [0.5, 0.6) is 0 Å². The molecule has 2 bridgehead atoms. The van der Waals surface area contributed by atoms with Crippen molar-refractivity contribution in [1.29, 1.82) is 0 Å². The number of furan rings is 1. The lowest BCUT2D eigenvalue weighted by Crippen LogP contribution is -2.62. The third-order valence-corrected chi connectivity index (χ3v) is 5.32. The van der Waals surface area contributed by atoms with E-state index >= 15 is 0 Å². The van der Waals surface area contributed by atoms with Gasteiger partial charge in [-0.25, -0.2) is 4.98 Å². The van der Waals surface area contributed by atoms with Gasteiger partial charge in [0, 0.05) is 29.9 Å². The van der Waals surface area contributed by atoms with Gasteiger partial charge in [0.1, 0.15) is 5.76 Å². The number of pyridine rings is 1. The molecule has 0 spiro atoms. The maximum Gasteiger partial charge on any atom is 0.287 e. The molecular weight excluding hydrogens is 309 g/mol. The molecular formula is C18H20FN3O2. The van der Waals surface area contributed by atoms with Crippen LogP contribution in [0.2, 0.25) is 0 Å². The van der Waals surface area contributed by atoms with Crippen LogP contribution in [0.3, 0.4) is 0 Å². The molecule has 0 radical (unpaired) electrons. The first-order valence-electron chi connectivity index (χ1n) is 8.38. The fourth-order valence-corrected chi connectivity index (χ4v) is 3.94. The minimum absolute atomic E-state index is 0.159. The van der Waals surface area contributed by atoms with E-state index in [2.05, 4.69) is 22.1 Å². The lowest BCUT2D eigenvalue weighted by molar-refractivity contribution is 0.0211. The summed E-state index contributed by atoms with van der Waals surface area (Å²) in [6.45, 7) is 4.41. The molecule has 3 aliphatic heterocycles.